The maximum atomic E-state index is 13.0. The Balaban J connectivity index is 1.84. The largest absolute Gasteiger partial charge is 0.488 e. The molecule has 1 amide bonds. The summed E-state index contributed by atoms with van der Waals surface area (Å²) in [7, 11) is 0. The highest BCUT2D eigenvalue weighted by Crippen LogP contribution is 2.23. The lowest BCUT2D eigenvalue weighted by atomic mass is 10.1. The number of nitrogens with one attached hydrogen (secondary N) is 1. The van der Waals surface area contributed by atoms with Crippen LogP contribution in [-0.4, -0.2) is 22.0 Å². The highest BCUT2D eigenvalue weighted by molar-refractivity contribution is 6.07. The molecule has 2 N–H and O–H groups in total. The van der Waals surface area contributed by atoms with Gasteiger partial charge >= 0.3 is 5.97 Å². The van der Waals surface area contributed by atoms with Crippen LogP contribution >= 0.6 is 0 Å². The third-order valence-corrected chi connectivity index (χ3v) is 3.70. The molecule has 0 aliphatic heterocycles. The van der Waals surface area contributed by atoms with Gasteiger partial charge in [0.05, 0.1) is 23.0 Å². The molecule has 2 aromatic carbocycles. The van der Waals surface area contributed by atoms with Gasteiger partial charge in [-0.1, -0.05) is 12.1 Å². The Morgan fingerprint density at radius 3 is 2.56 bits per heavy atom. The first-order chi connectivity index (χ1) is 13.0. The van der Waals surface area contributed by atoms with Crippen molar-refractivity contribution in [1.29, 1.82) is 0 Å². The van der Waals surface area contributed by atoms with Crippen LogP contribution in [-0.2, 0) is 6.61 Å². The van der Waals surface area contributed by atoms with Gasteiger partial charge < -0.3 is 15.2 Å². The van der Waals surface area contributed by atoms with Crippen LogP contribution in [0, 0.1) is 5.82 Å². The standard InChI is InChI=1S/C20H15FN2O4/c21-15-6-3-13(4-7-15)12-27-18-8-5-14(20(25)26)10-17(18)19(24)23-16-2-1-9-22-11-16/h1-11H,12H2,(H,23,24)(H,25,26). The van der Waals surface area contributed by atoms with E-state index in [9.17, 15) is 19.1 Å². The van der Waals surface area contributed by atoms with Crippen molar-refractivity contribution in [2.24, 2.45) is 0 Å². The second-order valence-corrected chi connectivity index (χ2v) is 5.63. The number of carboxylic acid groups (broad SMARTS) is 1. The summed E-state index contributed by atoms with van der Waals surface area (Å²) in [6.45, 7) is 0.0971. The summed E-state index contributed by atoms with van der Waals surface area (Å²) in [5.41, 5.74) is 1.20. The molecule has 136 valence electrons. The van der Waals surface area contributed by atoms with Crippen molar-refractivity contribution in [1.82, 2.24) is 4.98 Å². The Morgan fingerprint density at radius 1 is 1.11 bits per heavy atom. The topological polar surface area (TPSA) is 88.5 Å². The molecule has 0 aliphatic rings. The third-order valence-electron chi connectivity index (χ3n) is 3.70. The highest BCUT2D eigenvalue weighted by Gasteiger charge is 2.16. The Kier molecular flexibility index (Phi) is 5.41. The van der Waals surface area contributed by atoms with E-state index in [1.165, 1.54) is 36.5 Å². The minimum Gasteiger partial charge on any atom is -0.488 e. The number of ether oxygens (including phenoxy) is 1. The van der Waals surface area contributed by atoms with Crippen molar-refractivity contribution < 1.29 is 23.8 Å². The van der Waals surface area contributed by atoms with Gasteiger partial charge in [0.1, 0.15) is 18.2 Å². The number of benzene rings is 2. The summed E-state index contributed by atoms with van der Waals surface area (Å²) in [6.07, 6.45) is 3.04. The van der Waals surface area contributed by atoms with Gasteiger partial charge in [0, 0.05) is 6.20 Å². The number of nitrogens with zero attached hydrogens (tertiary/aromatic N) is 1. The predicted octanol–water partition coefficient (Wildman–Crippen LogP) is 3.75. The van der Waals surface area contributed by atoms with Gasteiger partial charge in [0.15, 0.2) is 0 Å². The number of aromatic nitrogens is 1. The van der Waals surface area contributed by atoms with Gasteiger partial charge in [0.2, 0.25) is 0 Å². The van der Waals surface area contributed by atoms with Crippen LogP contribution in [0.5, 0.6) is 5.75 Å². The molecule has 0 aliphatic carbocycles. The van der Waals surface area contributed by atoms with E-state index in [1.54, 1.807) is 30.5 Å². The van der Waals surface area contributed by atoms with E-state index in [1.807, 2.05) is 0 Å². The SMILES string of the molecule is O=C(O)c1ccc(OCc2ccc(F)cc2)c(C(=O)Nc2cccnc2)c1. The van der Waals surface area contributed by atoms with E-state index in [2.05, 4.69) is 10.3 Å². The van der Waals surface area contributed by atoms with Crippen molar-refractivity contribution in [3.63, 3.8) is 0 Å². The van der Waals surface area contributed by atoms with Gasteiger partial charge in [-0.3, -0.25) is 9.78 Å². The van der Waals surface area contributed by atoms with Gasteiger partial charge in [-0.05, 0) is 48.0 Å². The molecule has 0 unspecified atom stereocenters. The smallest absolute Gasteiger partial charge is 0.335 e. The highest BCUT2D eigenvalue weighted by atomic mass is 19.1. The average molecular weight is 366 g/mol. The first kappa shape index (κ1) is 18.1. The van der Waals surface area contributed by atoms with Crippen LogP contribution in [0.2, 0.25) is 0 Å². The summed E-state index contributed by atoms with van der Waals surface area (Å²) in [5, 5.41) is 11.8. The van der Waals surface area contributed by atoms with Crippen molar-refractivity contribution in [2.45, 2.75) is 6.61 Å². The number of anilines is 1. The van der Waals surface area contributed by atoms with E-state index in [0.29, 0.717) is 11.3 Å². The molecule has 0 fully saturated rings. The molecule has 3 rings (SSSR count). The average Bonchev–Trinajstić information content (AvgIpc) is 2.68. The molecule has 6 nitrogen and oxygen atoms in total. The van der Waals surface area contributed by atoms with Crippen molar-refractivity contribution in [3.8, 4) is 5.75 Å². The van der Waals surface area contributed by atoms with Gasteiger partial charge in [-0.2, -0.15) is 0 Å². The Bertz CT molecular complexity index is 959. The lowest BCUT2D eigenvalue weighted by Crippen LogP contribution is -2.15. The Morgan fingerprint density at radius 2 is 1.89 bits per heavy atom. The molecule has 0 bridgehead atoms. The zero-order valence-electron chi connectivity index (χ0n) is 14.1. The molecule has 0 radical (unpaired) electrons. The van der Waals surface area contributed by atoms with Crippen LogP contribution < -0.4 is 10.1 Å². The zero-order chi connectivity index (χ0) is 19.2. The monoisotopic (exact) mass is 366 g/mol. The molecular weight excluding hydrogens is 351 g/mol. The van der Waals surface area contributed by atoms with Crippen molar-refractivity contribution in [3.05, 3.63) is 89.5 Å². The van der Waals surface area contributed by atoms with Crippen LogP contribution in [0.1, 0.15) is 26.3 Å². The summed E-state index contributed by atoms with van der Waals surface area (Å²) in [5.74, 6) is -1.83. The number of hydrogen-bond acceptors (Lipinski definition) is 4. The fraction of sp³-hybridized carbons (Fsp3) is 0.0500. The van der Waals surface area contributed by atoms with Crippen LogP contribution in [0.15, 0.2) is 67.0 Å². The molecule has 1 aromatic heterocycles. The quantitative estimate of drug-likeness (QED) is 0.694. The summed E-state index contributed by atoms with van der Waals surface area (Å²) < 4.78 is 18.7. The molecule has 0 saturated heterocycles. The summed E-state index contributed by atoms with van der Waals surface area (Å²) in [4.78, 5) is 27.8. The number of halogens is 1. The lowest BCUT2D eigenvalue weighted by molar-refractivity contribution is 0.0697. The minimum atomic E-state index is -1.16. The van der Waals surface area contributed by atoms with Gasteiger partial charge in [-0.25, -0.2) is 9.18 Å². The van der Waals surface area contributed by atoms with E-state index in [4.69, 9.17) is 4.74 Å². The third kappa shape index (κ3) is 4.66. The maximum Gasteiger partial charge on any atom is 0.335 e. The first-order valence-electron chi connectivity index (χ1n) is 7.99. The minimum absolute atomic E-state index is 0.0412. The lowest BCUT2D eigenvalue weighted by Gasteiger charge is -2.13. The zero-order valence-corrected chi connectivity index (χ0v) is 14.1. The van der Waals surface area contributed by atoms with Crippen molar-refractivity contribution >= 4 is 17.6 Å². The fourth-order valence-electron chi connectivity index (χ4n) is 2.34. The van der Waals surface area contributed by atoms with E-state index >= 15 is 0 Å². The van der Waals surface area contributed by atoms with E-state index in [0.717, 1.165) is 0 Å². The normalized spacial score (nSPS) is 10.3. The summed E-state index contributed by atoms with van der Waals surface area (Å²) >= 11 is 0. The van der Waals surface area contributed by atoms with Crippen molar-refractivity contribution in [2.75, 3.05) is 5.32 Å². The van der Waals surface area contributed by atoms with E-state index in [-0.39, 0.29) is 29.3 Å². The second kappa shape index (κ2) is 8.09. The van der Waals surface area contributed by atoms with Crippen LogP contribution in [0.4, 0.5) is 10.1 Å². The number of hydrogen-bond donors (Lipinski definition) is 2. The van der Waals surface area contributed by atoms with E-state index < -0.39 is 11.9 Å². The fourth-order valence-corrected chi connectivity index (χ4v) is 2.34. The van der Waals surface area contributed by atoms with Crippen LogP contribution in [0.25, 0.3) is 0 Å². The number of aromatic carboxylic acids is 1. The number of amides is 1. The number of pyridine rings is 1. The number of carbonyl (C=O) groups is 2. The Labute approximate surface area is 154 Å². The number of rotatable bonds is 6. The molecule has 1 heterocycles. The predicted molar refractivity (Wildman–Crippen MR) is 96.3 cm³/mol. The summed E-state index contributed by atoms with van der Waals surface area (Å²) in [6, 6.07) is 13.1. The van der Waals surface area contributed by atoms with Gasteiger partial charge in [-0.15, -0.1) is 0 Å². The van der Waals surface area contributed by atoms with Gasteiger partial charge in [0.25, 0.3) is 5.91 Å². The maximum absolute atomic E-state index is 13.0. The molecule has 7 heteroatoms. The first-order valence-corrected chi connectivity index (χ1v) is 7.99. The number of carbonyl (C=O) groups excluding carboxylic acids is 1. The molecule has 27 heavy (non-hydrogen) atoms. The molecule has 0 atom stereocenters. The molecule has 0 spiro atoms. The number of carboxylic acids is 1. The molecule has 3 aromatic rings. The molecule has 0 saturated carbocycles. The Hall–Kier alpha value is -3.74. The van der Waals surface area contributed by atoms with Crippen LogP contribution in [0.3, 0.4) is 0 Å². The second-order valence-electron chi connectivity index (χ2n) is 5.63. The molecular formula is C20H15FN2O4.